The summed E-state index contributed by atoms with van der Waals surface area (Å²) in [7, 11) is 2.05. The van der Waals surface area contributed by atoms with E-state index in [0.29, 0.717) is 6.04 Å². The molecule has 1 rings (SSSR count). The summed E-state index contributed by atoms with van der Waals surface area (Å²) in [6.45, 7) is 10.3. The molecular weight excluding hydrogens is 238 g/mol. The number of likely N-dealkylation sites (N-methyl/N-ethyl adjacent to an activating group) is 1. The third kappa shape index (κ3) is 3.80. The van der Waals surface area contributed by atoms with Crippen molar-refractivity contribution in [2.45, 2.75) is 58.6 Å². The molecule has 0 radical (unpaired) electrons. The smallest absolute Gasteiger partial charge is 0.110 e. The van der Waals surface area contributed by atoms with Crippen molar-refractivity contribution in [2.24, 2.45) is 7.05 Å². The Hall–Kier alpha value is -0.870. The first-order chi connectivity index (χ1) is 9.13. The molecule has 0 fully saturated rings. The van der Waals surface area contributed by atoms with Gasteiger partial charge in [0.05, 0.1) is 5.60 Å². The SMILES string of the molecule is CCNC(Cc1nccn1C)C(CC)(CC)OCC. The molecule has 0 saturated carbocycles. The zero-order valence-electron chi connectivity index (χ0n) is 13.1. The average molecular weight is 267 g/mol. The van der Waals surface area contributed by atoms with E-state index in [1.807, 2.05) is 19.4 Å². The largest absolute Gasteiger partial charge is 0.374 e. The highest BCUT2D eigenvalue weighted by atomic mass is 16.5. The second kappa shape index (κ2) is 7.65. The number of hydrogen-bond donors (Lipinski definition) is 1. The van der Waals surface area contributed by atoms with E-state index in [-0.39, 0.29) is 5.60 Å². The van der Waals surface area contributed by atoms with Crippen LogP contribution in [-0.2, 0) is 18.2 Å². The summed E-state index contributed by atoms with van der Waals surface area (Å²) in [5.41, 5.74) is -0.100. The van der Waals surface area contributed by atoms with E-state index in [9.17, 15) is 0 Å². The summed E-state index contributed by atoms with van der Waals surface area (Å²) >= 11 is 0. The molecule has 4 nitrogen and oxygen atoms in total. The van der Waals surface area contributed by atoms with E-state index in [4.69, 9.17) is 4.74 Å². The molecule has 0 aromatic carbocycles. The minimum absolute atomic E-state index is 0.100. The van der Waals surface area contributed by atoms with Crippen LogP contribution in [0.25, 0.3) is 0 Å². The van der Waals surface area contributed by atoms with Crippen LogP contribution in [0.15, 0.2) is 12.4 Å². The Balaban J connectivity index is 2.93. The van der Waals surface area contributed by atoms with E-state index in [0.717, 1.165) is 38.2 Å². The minimum Gasteiger partial charge on any atom is -0.374 e. The molecule has 110 valence electrons. The fourth-order valence-corrected chi connectivity index (χ4v) is 2.80. The van der Waals surface area contributed by atoms with Gasteiger partial charge in [-0.05, 0) is 26.3 Å². The van der Waals surface area contributed by atoms with Gasteiger partial charge in [0.25, 0.3) is 0 Å². The summed E-state index contributed by atoms with van der Waals surface area (Å²) < 4.78 is 8.22. The van der Waals surface area contributed by atoms with Gasteiger partial charge < -0.3 is 14.6 Å². The monoisotopic (exact) mass is 267 g/mol. The summed E-state index contributed by atoms with van der Waals surface area (Å²) in [5, 5.41) is 3.60. The van der Waals surface area contributed by atoms with E-state index < -0.39 is 0 Å². The fraction of sp³-hybridized carbons (Fsp3) is 0.800. The molecule has 1 aromatic heterocycles. The average Bonchev–Trinajstić information content (AvgIpc) is 2.81. The van der Waals surface area contributed by atoms with Crippen LogP contribution in [0, 0.1) is 0 Å². The molecule has 1 heterocycles. The highest BCUT2D eigenvalue weighted by Crippen LogP contribution is 2.27. The van der Waals surface area contributed by atoms with Crippen LogP contribution in [0.4, 0.5) is 0 Å². The molecule has 1 atom stereocenters. The van der Waals surface area contributed by atoms with Gasteiger partial charge >= 0.3 is 0 Å². The van der Waals surface area contributed by atoms with Crippen molar-refractivity contribution in [1.29, 1.82) is 0 Å². The van der Waals surface area contributed by atoms with E-state index in [1.165, 1.54) is 0 Å². The van der Waals surface area contributed by atoms with Crippen LogP contribution in [0.1, 0.15) is 46.4 Å². The van der Waals surface area contributed by atoms with Crippen molar-refractivity contribution in [3.63, 3.8) is 0 Å². The molecule has 19 heavy (non-hydrogen) atoms. The Morgan fingerprint density at radius 1 is 1.32 bits per heavy atom. The molecule has 4 heteroatoms. The number of hydrogen-bond acceptors (Lipinski definition) is 3. The molecule has 1 aromatic rings. The lowest BCUT2D eigenvalue weighted by molar-refractivity contribution is -0.0720. The second-order valence-corrected chi connectivity index (χ2v) is 4.97. The van der Waals surface area contributed by atoms with Crippen LogP contribution >= 0.6 is 0 Å². The van der Waals surface area contributed by atoms with Crippen LogP contribution in [0.5, 0.6) is 0 Å². The van der Waals surface area contributed by atoms with Crippen molar-refractivity contribution in [2.75, 3.05) is 13.2 Å². The maximum absolute atomic E-state index is 6.13. The van der Waals surface area contributed by atoms with Crippen molar-refractivity contribution in [3.05, 3.63) is 18.2 Å². The highest BCUT2D eigenvalue weighted by Gasteiger charge is 2.36. The maximum atomic E-state index is 6.13. The van der Waals surface area contributed by atoms with Gasteiger partial charge in [-0.25, -0.2) is 4.98 Å². The first kappa shape index (κ1) is 16.2. The van der Waals surface area contributed by atoms with Gasteiger partial charge in [0, 0.05) is 38.5 Å². The predicted octanol–water partition coefficient (Wildman–Crippen LogP) is 2.54. The van der Waals surface area contributed by atoms with Crippen molar-refractivity contribution >= 4 is 0 Å². The third-order valence-corrected chi connectivity index (χ3v) is 4.02. The quantitative estimate of drug-likeness (QED) is 0.747. The van der Waals surface area contributed by atoms with E-state index in [1.54, 1.807) is 0 Å². The Bertz CT molecular complexity index is 358. The van der Waals surface area contributed by atoms with Crippen LogP contribution in [-0.4, -0.2) is 34.3 Å². The normalized spacial score (nSPS) is 13.7. The molecule has 0 amide bonds. The predicted molar refractivity (Wildman–Crippen MR) is 79.3 cm³/mol. The Kier molecular flexibility index (Phi) is 6.52. The standard InChI is InChI=1S/C15H29N3O/c1-6-15(7-2,19-9-4)13(16-8-3)12-14-17-10-11-18(14)5/h10-11,13,16H,6-9,12H2,1-5H3. The van der Waals surface area contributed by atoms with Crippen molar-refractivity contribution in [3.8, 4) is 0 Å². The number of nitrogens with one attached hydrogen (secondary N) is 1. The van der Waals surface area contributed by atoms with Gasteiger partial charge in [-0.1, -0.05) is 20.8 Å². The summed E-state index contributed by atoms with van der Waals surface area (Å²) in [6, 6.07) is 0.300. The van der Waals surface area contributed by atoms with E-state index in [2.05, 4.69) is 42.6 Å². The Labute approximate surface area is 117 Å². The number of rotatable bonds is 9. The second-order valence-electron chi connectivity index (χ2n) is 4.97. The first-order valence-corrected chi connectivity index (χ1v) is 7.47. The third-order valence-electron chi connectivity index (χ3n) is 4.02. The van der Waals surface area contributed by atoms with Crippen LogP contribution in [0.3, 0.4) is 0 Å². The lowest BCUT2D eigenvalue weighted by Gasteiger charge is -2.39. The molecular formula is C15H29N3O. The number of aryl methyl sites for hydroxylation is 1. The van der Waals surface area contributed by atoms with E-state index >= 15 is 0 Å². The van der Waals surface area contributed by atoms with Gasteiger partial charge in [-0.2, -0.15) is 0 Å². The molecule has 0 saturated heterocycles. The fourth-order valence-electron chi connectivity index (χ4n) is 2.80. The maximum Gasteiger partial charge on any atom is 0.110 e. The molecule has 0 aliphatic rings. The number of nitrogens with zero attached hydrogens (tertiary/aromatic N) is 2. The Morgan fingerprint density at radius 3 is 2.42 bits per heavy atom. The lowest BCUT2D eigenvalue weighted by atomic mass is 9.85. The highest BCUT2D eigenvalue weighted by molar-refractivity contribution is 5.01. The minimum atomic E-state index is -0.100. The number of aromatic nitrogens is 2. The van der Waals surface area contributed by atoms with Gasteiger partial charge in [0.1, 0.15) is 5.82 Å². The summed E-state index contributed by atoms with van der Waals surface area (Å²) in [4.78, 5) is 4.45. The first-order valence-electron chi connectivity index (χ1n) is 7.47. The van der Waals surface area contributed by atoms with Gasteiger partial charge in [-0.15, -0.1) is 0 Å². The molecule has 0 aliphatic carbocycles. The lowest BCUT2D eigenvalue weighted by Crippen LogP contribution is -2.53. The number of imidazole rings is 1. The van der Waals surface area contributed by atoms with Crippen molar-refractivity contribution in [1.82, 2.24) is 14.9 Å². The van der Waals surface area contributed by atoms with Crippen LogP contribution < -0.4 is 5.32 Å². The molecule has 0 spiro atoms. The molecule has 0 aliphatic heterocycles. The summed E-state index contributed by atoms with van der Waals surface area (Å²) in [6.07, 6.45) is 6.79. The zero-order chi connectivity index (χ0) is 14.3. The molecule has 0 bridgehead atoms. The number of ether oxygens (including phenoxy) is 1. The van der Waals surface area contributed by atoms with Gasteiger partial charge in [0.2, 0.25) is 0 Å². The zero-order valence-corrected chi connectivity index (χ0v) is 13.1. The Morgan fingerprint density at radius 2 is 2.00 bits per heavy atom. The van der Waals surface area contributed by atoms with Gasteiger partial charge in [0.15, 0.2) is 0 Å². The molecule has 1 unspecified atom stereocenters. The molecule has 1 N–H and O–H groups in total. The van der Waals surface area contributed by atoms with Crippen molar-refractivity contribution < 1.29 is 4.74 Å². The summed E-state index contributed by atoms with van der Waals surface area (Å²) in [5.74, 6) is 1.11. The van der Waals surface area contributed by atoms with Gasteiger partial charge in [-0.3, -0.25) is 0 Å². The van der Waals surface area contributed by atoms with Crippen LogP contribution in [0.2, 0.25) is 0 Å². The topological polar surface area (TPSA) is 39.1 Å².